The molecule has 0 aliphatic rings. The third-order valence-electron chi connectivity index (χ3n) is 1.79. The van der Waals surface area contributed by atoms with Crippen molar-refractivity contribution in [2.45, 2.75) is 4.90 Å². The van der Waals surface area contributed by atoms with Gasteiger partial charge < -0.3 is 9.47 Å². The van der Waals surface area contributed by atoms with Crippen LogP contribution in [0.15, 0.2) is 23.1 Å². The standard InChI is InChI=1S/C9H12ClNO4S/c1-14-7-2-3-8(15-5-4-10)9(6-7)16(11,12)13/h2-3,6H,4-5H2,1H3,(H2,11,12,13). The molecule has 1 aromatic rings. The van der Waals surface area contributed by atoms with Crippen LogP contribution in [0, 0.1) is 0 Å². The molecule has 2 N–H and O–H groups in total. The molecule has 0 spiro atoms. The van der Waals surface area contributed by atoms with Gasteiger partial charge in [-0.2, -0.15) is 0 Å². The maximum atomic E-state index is 11.3. The van der Waals surface area contributed by atoms with Crippen molar-refractivity contribution in [3.8, 4) is 11.5 Å². The lowest BCUT2D eigenvalue weighted by molar-refractivity contribution is 0.331. The van der Waals surface area contributed by atoms with E-state index in [4.69, 9.17) is 26.2 Å². The maximum absolute atomic E-state index is 11.3. The molecule has 16 heavy (non-hydrogen) atoms. The van der Waals surface area contributed by atoms with E-state index >= 15 is 0 Å². The number of rotatable bonds is 5. The average molecular weight is 266 g/mol. The van der Waals surface area contributed by atoms with Crippen LogP contribution in [0.1, 0.15) is 0 Å². The highest BCUT2D eigenvalue weighted by molar-refractivity contribution is 7.89. The van der Waals surface area contributed by atoms with Gasteiger partial charge in [0.15, 0.2) is 0 Å². The molecule has 7 heteroatoms. The van der Waals surface area contributed by atoms with Crippen LogP contribution in [0.25, 0.3) is 0 Å². The van der Waals surface area contributed by atoms with Gasteiger partial charge in [-0.05, 0) is 12.1 Å². The molecular weight excluding hydrogens is 254 g/mol. The number of hydrogen-bond acceptors (Lipinski definition) is 4. The fourth-order valence-electron chi connectivity index (χ4n) is 1.11. The topological polar surface area (TPSA) is 78.6 Å². The third-order valence-corrected chi connectivity index (χ3v) is 2.88. The van der Waals surface area contributed by atoms with E-state index in [1.54, 1.807) is 6.07 Å². The van der Waals surface area contributed by atoms with Gasteiger partial charge in [-0.25, -0.2) is 13.6 Å². The first-order valence-corrected chi connectivity index (χ1v) is 6.46. The van der Waals surface area contributed by atoms with Gasteiger partial charge in [-0.3, -0.25) is 0 Å². The zero-order chi connectivity index (χ0) is 12.2. The predicted octanol–water partition coefficient (Wildman–Crippen LogP) is 0.960. The molecule has 0 fully saturated rings. The van der Waals surface area contributed by atoms with Crippen molar-refractivity contribution in [1.29, 1.82) is 0 Å². The molecule has 0 aliphatic carbocycles. The van der Waals surface area contributed by atoms with Gasteiger partial charge in [-0.1, -0.05) is 0 Å². The van der Waals surface area contributed by atoms with Crippen molar-refractivity contribution < 1.29 is 17.9 Å². The number of primary sulfonamides is 1. The Morgan fingerprint density at radius 1 is 1.44 bits per heavy atom. The highest BCUT2D eigenvalue weighted by Gasteiger charge is 2.16. The summed E-state index contributed by atoms with van der Waals surface area (Å²) in [5.74, 6) is 0.821. The summed E-state index contributed by atoms with van der Waals surface area (Å²) in [6, 6.07) is 4.36. The Labute approximate surface area is 99.2 Å². The summed E-state index contributed by atoms with van der Waals surface area (Å²) in [6.45, 7) is 0.205. The van der Waals surface area contributed by atoms with E-state index in [1.165, 1.54) is 19.2 Å². The SMILES string of the molecule is COc1ccc(OCCCl)c(S(N)(=O)=O)c1. The van der Waals surface area contributed by atoms with E-state index in [-0.39, 0.29) is 23.1 Å². The first-order valence-electron chi connectivity index (χ1n) is 4.38. The summed E-state index contributed by atoms with van der Waals surface area (Å²) in [6.07, 6.45) is 0. The van der Waals surface area contributed by atoms with E-state index in [9.17, 15) is 8.42 Å². The fraction of sp³-hybridized carbons (Fsp3) is 0.333. The van der Waals surface area contributed by atoms with Crippen LogP contribution in [0.5, 0.6) is 11.5 Å². The van der Waals surface area contributed by atoms with Gasteiger partial charge in [0.2, 0.25) is 10.0 Å². The lowest BCUT2D eigenvalue weighted by Gasteiger charge is -2.10. The molecule has 0 aromatic heterocycles. The first-order chi connectivity index (χ1) is 7.49. The molecule has 0 aliphatic heterocycles. The van der Waals surface area contributed by atoms with Crippen LogP contribution in [0.4, 0.5) is 0 Å². The number of alkyl halides is 1. The quantitative estimate of drug-likeness (QED) is 0.805. The van der Waals surface area contributed by atoms with Crippen LogP contribution in [0.3, 0.4) is 0 Å². The molecule has 0 unspecified atom stereocenters. The molecule has 0 heterocycles. The van der Waals surface area contributed by atoms with Crippen molar-refractivity contribution in [2.75, 3.05) is 19.6 Å². The number of hydrogen-bond donors (Lipinski definition) is 1. The monoisotopic (exact) mass is 265 g/mol. The van der Waals surface area contributed by atoms with E-state index in [1.807, 2.05) is 0 Å². The number of nitrogens with two attached hydrogens (primary N) is 1. The number of ether oxygens (including phenoxy) is 2. The van der Waals surface area contributed by atoms with Crippen LogP contribution in [-0.4, -0.2) is 28.0 Å². The van der Waals surface area contributed by atoms with Gasteiger partial charge >= 0.3 is 0 Å². The second kappa shape index (κ2) is 5.38. The molecule has 0 saturated heterocycles. The summed E-state index contributed by atoms with van der Waals surface area (Å²) in [4.78, 5) is -0.114. The van der Waals surface area contributed by atoms with Gasteiger partial charge in [0.25, 0.3) is 0 Å². The van der Waals surface area contributed by atoms with E-state index in [0.29, 0.717) is 5.75 Å². The fourth-order valence-corrected chi connectivity index (χ4v) is 1.87. The minimum atomic E-state index is -3.84. The molecule has 5 nitrogen and oxygen atoms in total. The Morgan fingerprint density at radius 2 is 2.12 bits per heavy atom. The first kappa shape index (κ1) is 13.1. The molecule has 0 radical (unpaired) electrons. The normalized spacial score (nSPS) is 11.2. The van der Waals surface area contributed by atoms with Crippen molar-refractivity contribution in [2.24, 2.45) is 5.14 Å². The second-order valence-electron chi connectivity index (χ2n) is 2.90. The summed E-state index contributed by atoms with van der Waals surface area (Å²) < 4.78 is 32.7. The zero-order valence-corrected chi connectivity index (χ0v) is 10.2. The molecule has 0 amide bonds. The van der Waals surface area contributed by atoms with Gasteiger partial charge in [0.1, 0.15) is 23.0 Å². The highest BCUT2D eigenvalue weighted by Crippen LogP contribution is 2.27. The molecule has 90 valence electrons. The molecular formula is C9H12ClNO4S. The maximum Gasteiger partial charge on any atom is 0.241 e. The predicted molar refractivity (Wildman–Crippen MR) is 60.6 cm³/mol. The molecule has 1 rings (SSSR count). The number of sulfonamides is 1. The van der Waals surface area contributed by atoms with E-state index in [0.717, 1.165) is 0 Å². The lowest BCUT2D eigenvalue weighted by atomic mass is 10.3. The van der Waals surface area contributed by atoms with Gasteiger partial charge in [0.05, 0.1) is 13.0 Å². The van der Waals surface area contributed by atoms with E-state index in [2.05, 4.69) is 0 Å². The Kier molecular flexibility index (Phi) is 4.40. The molecule has 0 atom stereocenters. The van der Waals surface area contributed by atoms with Crippen molar-refractivity contribution >= 4 is 21.6 Å². The van der Waals surface area contributed by atoms with Crippen LogP contribution < -0.4 is 14.6 Å². The third kappa shape index (κ3) is 3.26. The van der Waals surface area contributed by atoms with Crippen molar-refractivity contribution in [1.82, 2.24) is 0 Å². The zero-order valence-electron chi connectivity index (χ0n) is 8.64. The Balaban J connectivity index is 3.17. The Bertz CT molecular complexity index is 461. The molecule has 0 saturated carbocycles. The minimum absolute atomic E-state index is 0.114. The lowest BCUT2D eigenvalue weighted by Crippen LogP contribution is -2.14. The number of halogens is 1. The number of methoxy groups -OCH3 is 1. The Hall–Kier alpha value is -0.980. The average Bonchev–Trinajstić information content (AvgIpc) is 2.25. The van der Waals surface area contributed by atoms with Crippen LogP contribution in [-0.2, 0) is 10.0 Å². The minimum Gasteiger partial charge on any atom is -0.497 e. The van der Waals surface area contributed by atoms with E-state index < -0.39 is 10.0 Å². The van der Waals surface area contributed by atoms with Gasteiger partial charge in [0, 0.05) is 6.07 Å². The number of benzene rings is 1. The summed E-state index contributed by atoms with van der Waals surface area (Å²) >= 11 is 5.45. The Morgan fingerprint density at radius 3 is 2.62 bits per heavy atom. The highest BCUT2D eigenvalue weighted by atomic mass is 35.5. The second-order valence-corrected chi connectivity index (χ2v) is 4.80. The summed E-state index contributed by atoms with van der Waals surface area (Å²) in [5.41, 5.74) is 0. The molecule has 1 aromatic carbocycles. The van der Waals surface area contributed by atoms with Crippen molar-refractivity contribution in [3.05, 3.63) is 18.2 Å². The van der Waals surface area contributed by atoms with Crippen LogP contribution in [0.2, 0.25) is 0 Å². The summed E-state index contributed by atoms with van der Waals surface area (Å²) in [5, 5.41) is 5.06. The molecule has 0 bridgehead atoms. The summed E-state index contributed by atoms with van der Waals surface area (Å²) in [7, 11) is -2.41. The van der Waals surface area contributed by atoms with Crippen molar-refractivity contribution in [3.63, 3.8) is 0 Å². The largest absolute Gasteiger partial charge is 0.497 e. The van der Waals surface area contributed by atoms with Gasteiger partial charge in [-0.15, -0.1) is 11.6 Å². The van der Waals surface area contributed by atoms with Crippen LogP contribution >= 0.6 is 11.6 Å². The smallest absolute Gasteiger partial charge is 0.241 e.